The summed E-state index contributed by atoms with van der Waals surface area (Å²) in [5.74, 6) is -0.762. The molecule has 1 fully saturated rings. The number of nitrogens with one attached hydrogen (secondary N) is 1. The first-order valence-corrected chi connectivity index (χ1v) is 9.37. The van der Waals surface area contributed by atoms with Crippen LogP contribution in [0.15, 0.2) is 0 Å². The highest BCUT2D eigenvalue weighted by Gasteiger charge is 2.20. The summed E-state index contributed by atoms with van der Waals surface area (Å²) in [6.45, 7) is 8.74. The van der Waals surface area contributed by atoms with Gasteiger partial charge in [0.15, 0.2) is 0 Å². The van der Waals surface area contributed by atoms with E-state index in [4.69, 9.17) is 4.74 Å². The molecule has 6 nitrogen and oxygen atoms in total. The second kappa shape index (κ2) is 8.70. The molecule has 0 aromatic heterocycles. The van der Waals surface area contributed by atoms with Crippen molar-refractivity contribution in [2.75, 3.05) is 32.0 Å². The third kappa shape index (κ3) is 7.24. The van der Waals surface area contributed by atoms with E-state index >= 15 is 0 Å². The molecule has 21 heavy (non-hydrogen) atoms. The van der Waals surface area contributed by atoms with E-state index in [1.165, 1.54) is 0 Å². The minimum absolute atomic E-state index is 0. The molecule has 0 atom stereocenters. The first-order chi connectivity index (χ1) is 9.84. The quantitative estimate of drug-likeness (QED) is 0.727. The molecular weight excluding hydrogens is 292 g/mol. The molecule has 1 aliphatic rings. The molecule has 0 aromatic carbocycles. The maximum Gasteiger partial charge on any atom is 0.235 e. The SMILES string of the molecule is CCOC1CCN(CCCS(=O)(=O)NC(=O)C(C)C)CC1.[HH]. The summed E-state index contributed by atoms with van der Waals surface area (Å²) in [6.07, 6.45) is 2.90. The number of rotatable bonds is 8. The summed E-state index contributed by atoms with van der Waals surface area (Å²) in [5.41, 5.74) is 0. The minimum atomic E-state index is -3.50. The number of likely N-dealkylation sites (tertiary alicyclic amines) is 1. The predicted molar refractivity (Wildman–Crippen MR) is 84.6 cm³/mol. The Morgan fingerprint density at radius 2 is 2.00 bits per heavy atom. The number of hydrogen-bond acceptors (Lipinski definition) is 5. The number of piperidine rings is 1. The number of hydrogen-bond donors (Lipinski definition) is 1. The molecular formula is C14H30N2O4S. The molecule has 1 amide bonds. The predicted octanol–water partition coefficient (Wildman–Crippen LogP) is 1.23. The van der Waals surface area contributed by atoms with E-state index in [9.17, 15) is 13.2 Å². The molecule has 1 saturated heterocycles. The summed E-state index contributed by atoms with van der Waals surface area (Å²) in [7, 11) is -3.50. The third-order valence-corrected chi connectivity index (χ3v) is 4.94. The Bertz CT molecular complexity index is 421. The van der Waals surface area contributed by atoms with Crippen molar-refractivity contribution in [3.63, 3.8) is 0 Å². The zero-order valence-corrected chi connectivity index (χ0v) is 14.1. The van der Waals surface area contributed by atoms with Crippen molar-refractivity contribution >= 4 is 15.9 Å². The van der Waals surface area contributed by atoms with Crippen LogP contribution in [-0.4, -0.2) is 57.3 Å². The van der Waals surface area contributed by atoms with E-state index in [0.717, 1.165) is 39.1 Å². The van der Waals surface area contributed by atoms with Gasteiger partial charge < -0.3 is 9.64 Å². The van der Waals surface area contributed by atoms with Crippen LogP contribution in [0.2, 0.25) is 0 Å². The largest absolute Gasteiger partial charge is 0.378 e. The number of sulfonamides is 1. The Labute approximate surface area is 129 Å². The number of ether oxygens (including phenoxy) is 1. The average molecular weight is 322 g/mol. The van der Waals surface area contributed by atoms with Crippen LogP contribution in [0.3, 0.4) is 0 Å². The van der Waals surface area contributed by atoms with Gasteiger partial charge in [0.1, 0.15) is 0 Å². The van der Waals surface area contributed by atoms with E-state index in [0.29, 0.717) is 12.5 Å². The lowest BCUT2D eigenvalue weighted by atomic mass is 10.1. The van der Waals surface area contributed by atoms with Crippen LogP contribution < -0.4 is 4.72 Å². The zero-order chi connectivity index (χ0) is 15.9. The van der Waals surface area contributed by atoms with Crippen LogP contribution in [0, 0.1) is 5.92 Å². The van der Waals surface area contributed by atoms with Crippen molar-refractivity contribution < 1.29 is 19.4 Å². The Kier molecular flexibility index (Phi) is 7.62. The van der Waals surface area contributed by atoms with E-state index in [2.05, 4.69) is 9.62 Å². The fraction of sp³-hybridized carbons (Fsp3) is 0.929. The van der Waals surface area contributed by atoms with Gasteiger partial charge in [-0.25, -0.2) is 8.42 Å². The highest BCUT2D eigenvalue weighted by atomic mass is 32.2. The van der Waals surface area contributed by atoms with Crippen molar-refractivity contribution in [3.05, 3.63) is 0 Å². The van der Waals surface area contributed by atoms with Crippen LogP contribution in [0.4, 0.5) is 0 Å². The molecule has 0 saturated carbocycles. The van der Waals surface area contributed by atoms with E-state index < -0.39 is 15.9 Å². The van der Waals surface area contributed by atoms with Gasteiger partial charge in [0.05, 0.1) is 11.9 Å². The number of amides is 1. The van der Waals surface area contributed by atoms with Gasteiger partial charge in [-0.2, -0.15) is 0 Å². The van der Waals surface area contributed by atoms with Crippen molar-refractivity contribution in [2.45, 2.75) is 46.1 Å². The first-order valence-electron chi connectivity index (χ1n) is 7.72. The maximum absolute atomic E-state index is 11.8. The summed E-state index contributed by atoms with van der Waals surface area (Å²) < 4.78 is 31.2. The summed E-state index contributed by atoms with van der Waals surface area (Å²) in [6, 6.07) is 0. The lowest BCUT2D eigenvalue weighted by Crippen LogP contribution is -2.39. The summed E-state index contributed by atoms with van der Waals surface area (Å²) >= 11 is 0. The Hall–Kier alpha value is -0.660. The Balaban J connectivity index is 0.00000441. The van der Waals surface area contributed by atoms with E-state index in [1.54, 1.807) is 13.8 Å². The molecule has 0 aliphatic carbocycles. The first kappa shape index (κ1) is 18.4. The Morgan fingerprint density at radius 3 is 2.52 bits per heavy atom. The highest BCUT2D eigenvalue weighted by Crippen LogP contribution is 2.13. The standard InChI is InChI=1S/C14H28N2O4S.H2/c1-4-20-13-6-9-16(10-7-13)8-5-11-21(18,19)15-14(17)12(2)3;/h12-13H,4-11H2,1-3H3,(H,15,17);1H. The number of nitrogens with zero attached hydrogens (tertiary/aromatic N) is 1. The molecule has 0 aromatic rings. The zero-order valence-electron chi connectivity index (χ0n) is 13.3. The molecule has 1 N–H and O–H groups in total. The summed E-state index contributed by atoms with van der Waals surface area (Å²) in [4.78, 5) is 13.7. The monoisotopic (exact) mass is 322 g/mol. The molecule has 0 bridgehead atoms. The topological polar surface area (TPSA) is 75.7 Å². The smallest absolute Gasteiger partial charge is 0.235 e. The second-order valence-electron chi connectivity index (χ2n) is 5.79. The molecule has 1 rings (SSSR count). The normalized spacial score (nSPS) is 18.1. The minimum Gasteiger partial charge on any atom is -0.378 e. The van der Waals surface area contributed by atoms with E-state index in [-0.39, 0.29) is 13.1 Å². The molecule has 0 radical (unpaired) electrons. The third-order valence-electron chi connectivity index (χ3n) is 3.60. The molecule has 7 heteroatoms. The molecule has 1 aliphatic heterocycles. The van der Waals surface area contributed by atoms with Gasteiger partial charge in [-0.3, -0.25) is 9.52 Å². The van der Waals surface area contributed by atoms with Gasteiger partial charge in [0.25, 0.3) is 0 Å². The second-order valence-corrected chi connectivity index (χ2v) is 7.63. The number of carbonyl (C=O) groups is 1. The number of carbonyl (C=O) groups excluding carboxylic acids is 1. The molecule has 0 unspecified atom stereocenters. The van der Waals surface area contributed by atoms with Crippen LogP contribution >= 0.6 is 0 Å². The highest BCUT2D eigenvalue weighted by molar-refractivity contribution is 7.90. The lowest BCUT2D eigenvalue weighted by molar-refractivity contribution is -0.122. The van der Waals surface area contributed by atoms with Gasteiger partial charge in [-0.1, -0.05) is 13.8 Å². The van der Waals surface area contributed by atoms with Crippen molar-refractivity contribution in [1.29, 1.82) is 0 Å². The Morgan fingerprint density at radius 1 is 1.38 bits per heavy atom. The average Bonchev–Trinajstić information content (AvgIpc) is 2.40. The van der Waals surface area contributed by atoms with Gasteiger partial charge in [-0.15, -0.1) is 0 Å². The fourth-order valence-corrected chi connectivity index (χ4v) is 3.49. The van der Waals surface area contributed by atoms with Crippen LogP contribution in [0.25, 0.3) is 0 Å². The molecule has 1 heterocycles. The van der Waals surface area contributed by atoms with Crippen molar-refractivity contribution in [2.24, 2.45) is 5.92 Å². The summed E-state index contributed by atoms with van der Waals surface area (Å²) in [5, 5.41) is 0. The van der Waals surface area contributed by atoms with Crippen molar-refractivity contribution in [3.8, 4) is 0 Å². The van der Waals surface area contributed by atoms with Gasteiger partial charge >= 0.3 is 0 Å². The van der Waals surface area contributed by atoms with Crippen LogP contribution in [0.1, 0.15) is 41.5 Å². The van der Waals surface area contributed by atoms with E-state index in [1.807, 2.05) is 6.92 Å². The molecule has 0 spiro atoms. The maximum atomic E-state index is 11.8. The van der Waals surface area contributed by atoms with Crippen molar-refractivity contribution in [1.82, 2.24) is 9.62 Å². The molecule has 126 valence electrons. The lowest BCUT2D eigenvalue weighted by Gasteiger charge is -2.31. The fourth-order valence-electron chi connectivity index (χ4n) is 2.34. The van der Waals surface area contributed by atoms with Gasteiger partial charge in [0, 0.05) is 27.0 Å². The van der Waals surface area contributed by atoms with Gasteiger partial charge in [0.2, 0.25) is 15.9 Å². The van der Waals surface area contributed by atoms with Gasteiger partial charge in [-0.05, 0) is 32.7 Å². The van der Waals surface area contributed by atoms with Crippen LogP contribution in [0.5, 0.6) is 0 Å². The van der Waals surface area contributed by atoms with Crippen LogP contribution in [-0.2, 0) is 19.6 Å².